The van der Waals surface area contributed by atoms with Gasteiger partial charge < -0.3 is 16.4 Å². The van der Waals surface area contributed by atoms with Gasteiger partial charge in [0, 0.05) is 11.8 Å². The molecule has 5 heteroatoms. The zero-order valence-corrected chi connectivity index (χ0v) is 12.2. The Kier molecular flexibility index (Phi) is 5.39. The van der Waals surface area contributed by atoms with Gasteiger partial charge in [0.15, 0.2) is 0 Å². The van der Waals surface area contributed by atoms with Crippen molar-refractivity contribution in [2.45, 2.75) is 52.6 Å². The van der Waals surface area contributed by atoms with Crippen molar-refractivity contribution >= 4 is 11.8 Å². The Labute approximate surface area is 115 Å². The Hall–Kier alpha value is -1.52. The van der Waals surface area contributed by atoms with E-state index in [1.165, 1.54) is 6.08 Å². The average molecular weight is 267 g/mol. The standard InChI is InChI=1S/C14H25N3O2/c1-8(2)5-10-11(7-13(18)17-10)16-12(14(15)19)6-9(3)4/h7-10,12,16H,5-6H2,1-4H3,(H2,15,19)(H,17,18)/t10-,12-/m0/s1. The van der Waals surface area contributed by atoms with E-state index in [4.69, 9.17) is 5.73 Å². The SMILES string of the molecule is CC(C)C[C@H](NC1=CC(=O)N[C@H]1CC(C)C)C(N)=O. The predicted octanol–water partition coefficient (Wildman–Crippen LogP) is 0.904. The smallest absolute Gasteiger partial charge is 0.246 e. The molecule has 0 saturated carbocycles. The normalized spacial score (nSPS) is 20.4. The van der Waals surface area contributed by atoms with Gasteiger partial charge in [0.25, 0.3) is 0 Å². The number of carbonyl (C=O) groups excluding carboxylic acids is 2. The van der Waals surface area contributed by atoms with Crippen molar-refractivity contribution in [2.75, 3.05) is 0 Å². The van der Waals surface area contributed by atoms with Crippen LogP contribution in [0.5, 0.6) is 0 Å². The number of rotatable bonds is 7. The molecule has 0 aliphatic carbocycles. The van der Waals surface area contributed by atoms with Gasteiger partial charge in [-0.2, -0.15) is 0 Å². The molecule has 0 bridgehead atoms. The van der Waals surface area contributed by atoms with Crippen molar-refractivity contribution < 1.29 is 9.59 Å². The molecule has 19 heavy (non-hydrogen) atoms. The average Bonchev–Trinajstić information content (AvgIpc) is 2.56. The Morgan fingerprint density at radius 1 is 1.37 bits per heavy atom. The molecule has 0 fully saturated rings. The van der Waals surface area contributed by atoms with Crippen LogP contribution in [0.4, 0.5) is 0 Å². The van der Waals surface area contributed by atoms with Crippen LogP contribution in [-0.4, -0.2) is 23.9 Å². The molecular formula is C14H25N3O2. The molecule has 0 radical (unpaired) electrons. The summed E-state index contributed by atoms with van der Waals surface area (Å²) in [5.74, 6) is 0.336. The molecule has 2 amide bonds. The highest BCUT2D eigenvalue weighted by Crippen LogP contribution is 2.17. The van der Waals surface area contributed by atoms with Crippen LogP contribution in [0.1, 0.15) is 40.5 Å². The quantitative estimate of drug-likeness (QED) is 0.641. The first kappa shape index (κ1) is 15.5. The van der Waals surface area contributed by atoms with Gasteiger partial charge in [0.1, 0.15) is 6.04 Å². The number of nitrogens with one attached hydrogen (secondary N) is 2. The van der Waals surface area contributed by atoms with Gasteiger partial charge in [-0.3, -0.25) is 9.59 Å². The lowest BCUT2D eigenvalue weighted by atomic mass is 9.99. The van der Waals surface area contributed by atoms with E-state index < -0.39 is 6.04 Å². The summed E-state index contributed by atoms with van der Waals surface area (Å²) >= 11 is 0. The summed E-state index contributed by atoms with van der Waals surface area (Å²) in [7, 11) is 0. The van der Waals surface area contributed by atoms with E-state index >= 15 is 0 Å². The zero-order valence-electron chi connectivity index (χ0n) is 12.2. The largest absolute Gasteiger partial charge is 0.375 e. The van der Waals surface area contributed by atoms with Gasteiger partial charge >= 0.3 is 0 Å². The minimum absolute atomic E-state index is 0.0403. The summed E-state index contributed by atoms with van der Waals surface area (Å²) in [4.78, 5) is 22.9. The number of carbonyl (C=O) groups is 2. The molecular weight excluding hydrogens is 242 g/mol. The zero-order chi connectivity index (χ0) is 14.6. The van der Waals surface area contributed by atoms with Crippen LogP contribution in [0.2, 0.25) is 0 Å². The summed E-state index contributed by atoms with van der Waals surface area (Å²) in [6.07, 6.45) is 3.04. The third kappa shape index (κ3) is 4.93. The fourth-order valence-corrected chi connectivity index (χ4v) is 2.25. The van der Waals surface area contributed by atoms with E-state index in [9.17, 15) is 9.59 Å². The highest BCUT2D eigenvalue weighted by atomic mass is 16.2. The maximum absolute atomic E-state index is 11.5. The topological polar surface area (TPSA) is 84.2 Å². The molecule has 0 aromatic heterocycles. The second-order valence-corrected chi connectivity index (χ2v) is 6.02. The summed E-state index contributed by atoms with van der Waals surface area (Å²) in [6.45, 7) is 8.27. The second kappa shape index (κ2) is 6.59. The summed E-state index contributed by atoms with van der Waals surface area (Å²) in [5.41, 5.74) is 6.19. The van der Waals surface area contributed by atoms with E-state index in [1.807, 2.05) is 13.8 Å². The molecule has 1 aliphatic rings. The summed E-state index contributed by atoms with van der Waals surface area (Å²) in [6, 6.07) is -0.463. The minimum atomic E-state index is -0.423. The molecule has 0 spiro atoms. The molecule has 2 atom stereocenters. The van der Waals surface area contributed by atoms with Crippen LogP contribution in [-0.2, 0) is 9.59 Å². The number of nitrogens with two attached hydrogens (primary N) is 1. The van der Waals surface area contributed by atoms with Gasteiger partial charge in [0.05, 0.1) is 6.04 Å². The third-order valence-corrected chi connectivity index (χ3v) is 3.08. The first-order valence-electron chi connectivity index (χ1n) is 6.87. The Morgan fingerprint density at radius 2 is 2.00 bits per heavy atom. The van der Waals surface area contributed by atoms with Crippen molar-refractivity contribution in [3.05, 3.63) is 11.8 Å². The van der Waals surface area contributed by atoms with Crippen molar-refractivity contribution in [1.29, 1.82) is 0 Å². The molecule has 5 nitrogen and oxygen atoms in total. The fourth-order valence-electron chi connectivity index (χ4n) is 2.25. The molecule has 0 saturated heterocycles. The molecule has 0 aromatic carbocycles. The van der Waals surface area contributed by atoms with Crippen LogP contribution >= 0.6 is 0 Å². The van der Waals surface area contributed by atoms with Crippen molar-refractivity contribution in [2.24, 2.45) is 17.6 Å². The van der Waals surface area contributed by atoms with Crippen molar-refractivity contribution in [1.82, 2.24) is 10.6 Å². The van der Waals surface area contributed by atoms with Gasteiger partial charge in [-0.05, 0) is 24.7 Å². The van der Waals surface area contributed by atoms with E-state index in [1.54, 1.807) is 0 Å². The summed E-state index contributed by atoms with van der Waals surface area (Å²) in [5, 5.41) is 6.02. The Morgan fingerprint density at radius 3 is 2.47 bits per heavy atom. The van der Waals surface area contributed by atoms with E-state index in [-0.39, 0.29) is 17.9 Å². The number of hydrogen-bond donors (Lipinski definition) is 3. The lowest BCUT2D eigenvalue weighted by Gasteiger charge is -2.24. The van der Waals surface area contributed by atoms with E-state index in [2.05, 4.69) is 24.5 Å². The van der Waals surface area contributed by atoms with Crippen molar-refractivity contribution in [3.8, 4) is 0 Å². The second-order valence-electron chi connectivity index (χ2n) is 6.02. The van der Waals surface area contributed by atoms with Gasteiger partial charge in [-0.15, -0.1) is 0 Å². The molecule has 0 aromatic rings. The first-order chi connectivity index (χ1) is 8.79. The van der Waals surface area contributed by atoms with Crippen LogP contribution in [0, 0.1) is 11.8 Å². The lowest BCUT2D eigenvalue weighted by molar-refractivity contribution is -0.120. The minimum Gasteiger partial charge on any atom is -0.375 e. The number of amides is 2. The molecule has 1 rings (SSSR count). The molecule has 0 unspecified atom stereocenters. The highest BCUT2D eigenvalue weighted by molar-refractivity contribution is 5.92. The van der Waals surface area contributed by atoms with Gasteiger partial charge in [-0.25, -0.2) is 0 Å². The van der Waals surface area contributed by atoms with Crippen molar-refractivity contribution in [3.63, 3.8) is 0 Å². The maximum Gasteiger partial charge on any atom is 0.246 e. The van der Waals surface area contributed by atoms with Crippen LogP contribution < -0.4 is 16.4 Å². The first-order valence-corrected chi connectivity index (χ1v) is 6.87. The van der Waals surface area contributed by atoms with Gasteiger partial charge in [0.2, 0.25) is 11.8 Å². The molecule has 4 N–H and O–H groups in total. The fraction of sp³-hybridized carbons (Fsp3) is 0.714. The molecule has 108 valence electrons. The lowest BCUT2D eigenvalue weighted by Crippen LogP contribution is -2.45. The number of hydrogen-bond acceptors (Lipinski definition) is 3. The number of primary amides is 1. The summed E-state index contributed by atoms with van der Waals surface area (Å²) < 4.78 is 0. The Bertz CT molecular complexity index is 375. The van der Waals surface area contributed by atoms with Crippen LogP contribution in [0.3, 0.4) is 0 Å². The van der Waals surface area contributed by atoms with E-state index in [0.29, 0.717) is 18.3 Å². The third-order valence-electron chi connectivity index (χ3n) is 3.08. The highest BCUT2D eigenvalue weighted by Gasteiger charge is 2.28. The van der Waals surface area contributed by atoms with Crippen LogP contribution in [0.25, 0.3) is 0 Å². The monoisotopic (exact) mass is 267 g/mol. The molecule has 1 aliphatic heterocycles. The van der Waals surface area contributed by atoms with E-state index in [0.717, 1.165) is 12.1 Å². The molecule has 1 heterocycles. The predicted molar refractivity (Wildman–Crippen MR) is 75.0 cm³/mol. The Balaban J connectivity index is 2.72. The maximum atomic E-state index is 11.5. The van der Waals surface area contributed by atoms with Gasteiger partial charge in [-0.1, -0.05) is 27.7 Å². The van der Waals surface area contributed by atoms with Crippen LogP contribution in [0.15, 0.2) is 11.8 Å².